The van der Waals surface area contributed by atoms with Crippen LogP contribution >= 0.6 is 11.6 Å². The van der Waals surface area contributed by atoms with Crippen LogP contribution in [-0.4, -0.2) is 72.6 Å². The number of rotatable bonds is 8. The normalized spacial score (nSPS) is 16.0. The highest BCUT2D eigenvalue weighted by Gasteiger charge is 2.33. The molecule has 0 spiro atoms. The molecule has 3 heterocycles. The zero-order valence-corrected chi connectivity index (χ0v) is 24.0. The maximum atomic E-state index is 13.4. The summed E-state index contributed by atoms with van der Waals surface area (Å²) in [5.74, 6) is -0.112. The molecule has 2 aromatic heterocycles. The second-order valence-electron chi connectivity index (χ2n) is 9.91. The predicted molar refractivity (Wildman–Crippen MR) is 155 cm³/mol. The summed E-state index contributed by atoms with van der Waals surface area (Å²) in [5, 5.41) is 2.16. The molecule has 9 nitrogen and oxygen atoms in total. The van der Waals surface area contributed by atoms with Crippen molar-refractivity contribution in [3.8, 4) is 0 Å². The fourth-order valence-electron chi connectivity index (χ4n) is 5.23. The molecule has 4 aromatic rings. The second kappa shape index (κ2) is 11.5. The number of aromatic nitrogens is 2. The summed E-state index contributed by atoms with van der Waals surface area (Å²) < 4.78 is 33.5. The third kappa shape index (κ3) is 5.93. The molecule has 5 rings (SSSR count). The molecule has 0 saturated carbocycles. The first-order valence-corrected chi connectivity index (χ1v) is 15.2. The van der Waals surface area contributed by atoms with E-state index in [9.17, 15) is 18.0 Å². The lowest BCUT2D eigenvalue weighted by Crippen LogP contribution is -2.56. The maximum Gasteiger partial charge on any atom is 0.307 e. The Morgan fingerprint density at radius 3 is 2.65 bits per heavy atom. The van der Waals surface area contributed by atoms with E-state index in [-0.39, 0.29) is 36.0 Å². The van der Waals surface area contributed by atoms with E-state index in [2.05, 4.69) is 9.88 Å². The van der Waals surface area contributed by atoms with Crippen molar-refractivity contribution in [2.24, 2.45) is 0 Å². The van der Waals surface area contributed by atoms with Crippen LogP contribution in [0.1, 0.15) is 25.5 Å². The number of pyridine rings is 1. The zero-order chi connectivity index (χ0) is 28.4. The maximum absolute atomic E-state index is 13.4. The van der Waals surface area contributed by atoms with Gasteiger partial charge in [-0.1, -0.05) is 29.8 Å². The van der Waals surface area contributed by atoms with Gasteiger partial charge in [0.2, 0.25) is 5.91 Å². The topological polar surface area (TPSA) is 101 Å². The van der Waals surface area contributed by atoms with E-state index in [0.717, 1.165) is 27.9 Å². The average molecular weight is 583 g/mol. The van der Waals surface area contributed by atoms with Crippen molar-refractivity contribution >= 4 is 55.6 Å². The number of imidazole rings is 1. The van der Waals surface area contributed by atoms with Crippen LogP contribution in [0.25, 0.3) is 16.4 Å². The summed E-state index contributed by atoms with van der Waals surface area (Å²) in [7, 11) is -3.71. The number of anilines is 1. The number of carbonyl (C=O) groups is 2. The number of carbonyl (C=O) groups excluding carboxylic acids is 2. The second-order valence-corrected chi connectivity index (χ2v) is 12.5. The molecule has 0 aliphatic carbocycles. The molecule has 0 bridgehead atoms. The van der Waals surface area contributed by atoms with Gasteiger partial charge in [-0.05, 0) is 61.0 Å². The smallest absolute Gasteiger partial charge is 0.307 e. The molecule has 11 heteroatoms. The Morgan fingerprint density at radius 2 is 1.85 bits per heavy atom. The van der Waals surface area contributed by atoms with Gasteiger partial charge < -0.3 is 14.5 Å². The molecule has 1 unspecified atom stereocenters. The Bertz CT molecular complexity index is 1690. The van der Waals surface area contributed by atoms with Crippen LogP contribution in [0.2, 0.25) is 5.02 Å². The highest BCUT2D eigenvalue weighted by Crippen LogP contribution is 2.26. The van der Waals surface area contributed by atoms with Gasteiger partial charge in [0.05, 0.1) is 35.4 Å². The third-order valence-corrected chi connectivity index (χ3v) is 9.09. The lowest BCUT2D eigenvalue weighted by Gasteiger charge is -2.42. The first-order valence-electron chi connectivity index (χ1n) is 13.2. The number of halogens is 1. The summed E-state index contributed by atoms with van der Waals surface area (Å²) in [4.78, 5) is 34.3. The summed E-state index contributed by atoms with van der Waals surface area (Å²) >= 11 is 6.04. The van der Waals surface area contributed by atoms with E-state index < -0.39 is 21.8 Å². The number of esters is 1. The summed E-state index contributed by atoms with van der Waals surface area (Å²) in [6, 6.07) is 15.5. The molecule has 1 fully saturated rings. The lowest BCUT2D eigenvalue weighted by molar-refractivity contribution is -0.146. The van der Waals surface area contributed by atoms with E-state index in [0.29, 0.717) is 24.7 Å². The number of hydrogen-bond acceptors (Lipinski definition) is 7. The predicted octanol–water partition coefficient (Wildman–Crippen LogP) is 4.28. The fourth-order valence-corrected chi connectivity index (χ4v) is 6.67. The highest BCUT2D eigenvalue weighted by molar-refractivity contribution is 7.91. The van der Waals surface area contributed by atoms with E-state index in [1.54, 1.807) is 48.2 Å². The van der Waals surface area contributed by atoms with Crippen LogP contribution < -0.4 is 4.90 Å². The minimum absolute atomic E-state index is 0.0228. The molecule has 1 saturated heterocycles. The first kappa shape index (κ1) is 27.9. The van der Waals surface area contributed by atoms with Crippen molar-refractivity contribution in [2.75, 3.05) is 36.9 Å². The number of hydrogen-bond donors (Lipinski definition) is 0. The first-order chi connectivity index (χ1) is 19.1. The molecular weight excluding hydrogens is 552 g/mol. The van der Waals surface area contributed by atoms with Gasteiger partial charge in [-0.2, -0.15) is 0 Å². The molecular formula is C29H31ClN4O5S. The zero-order valence-electron chi connectivity index (χ0n) is 22.4. The molecule has 210 valence electrons. The number of ether oxygens (including phenoxy) is 1. The number of fused-ring (bicyclic) bond motifs is 2. The largest absolute Gasteiger partial charge is 0.466 e. The van der Waals surface area contributed by atoms with Gasteiger partial charge in [0.15, 0.2) is 9.84 Å². The molecule has 1 aliphatic heterocycles. The fraction of sp³-hybridized carbons (Fsp3) is 0.345. The van der Waals surface area contributed by atoms with Crippen molar-refractivity contribution in [1.82, 2.24) is 14.3 Å². The van der Waals surface area contributed by atoms with E-state index in [1.165, 1.54) is 0 Å². The van der Waals surface area contributed by atoms with Crippen LogP contribution in [0.3, 0.4) is 0 Å². The van der Waals surface area contributed by atoms with Crippen LogP contribution in [0.4, 0.5) is 5.82 Å². The summed E-state index contributed by atoms with van der Waals surface area (Å²) in [5.41, 5.74) is 1.71. The van der Waals surface area contributed by atoms with Crippen molar-refractivity contribution in [3.63, 3.8) is 0 Å². The summed E-state index contributed by atoms with van der Waals surface area (Å²) in [6.45, 7) is 5.19. The van der Waals surface area contributed by atoms with Gasteiger partial charge in [-0.25, -0.2) is 13.4 Å². The van der Waals surface area contributed by atoms with Crippen molar-refractivity contribution < 1.29 is 22.7 Å². The lowest BCUT2D eigenvalue weighted by atomic mass is 10.1. The third-order valence-electron chi connectivity index (χ3n) is 7.14. The number of amides is 1. The Morgan fingerprint density at radius 1 is 1.07 bits per heavy atom. The molecule has 1 amide bonds. The van der Waals surface area contributed by atoms with Crippen molar-refractivity contribution in [3.05, 3.63) is 71.5 Å². The number of piperazine rings is 1. The SMILES string of the molecule is CCOC(=O)CC1CN(c2cccc3nc(C)cn23)CCN1C(=O)CCS(=O)(=O)c1ccc2cc(Cl)ccc2c1. The van der Waals surface area contributed by atoms with Gasteiger partial charge in [0.25, 0.3) is 0 Å². The molecule has 2 aromatic carbocycles. The highest BCUT2D eigenvalue weighted by atomic mass is 35.5. The van der Waals surface area contributed by atoms with Crippen LogP contribution in [0.15, 0.2) is 65.7 Å². The summed E-state index contributed by atoms with van der Waals surface area (Å²) in [6.07, 6.45) is 1.79. The minimum Gasteiger partial charge on any atom is -0.466 e. The van der Waals surface area contributed by atoms with E-state index in [1.807, 2.05) is 35.7 Å². The van der Waals surface area contributed by atoms with Gasteiger partial charge in [-0.15, -0.1) is 0 Å². The number of benzene rings is 2. The van der Waals surface area contributed by atoms with Gasteiger partial charge in [0.1, 0.15) is 11.5 Å². The molecule has 0 N–H and O–H groups in total. The molecule has 40 heavy (non-hydrogen) atoms. The average Bonchev–Trinajstić information content (AvgIpc) is 3.31. The Hall–Kier alpha value is -3.63. The Kier molecular flexibility index (Phi) is 8.00. The van der Waals surface area contributed by atoms with E-state index >= 15 is 0 Å². The molecule has 1 atom stereocenters. The van der Waals surface area contributed by atoms with E-state index in [4.69, 9.17) is 16.3 Å². The minimum atomic E-state index is -3.71. The standard InChI is InChI=1S/C29H31ClN4O5S/c1-3-39-29(36)17-24-19-32(27-6-4-5-26-31-20(2)18-34(26)27)12-13-33(24)28(35)11-14-40(37,38)25-10-8-21-15-23(30)9-7-22(21)16-25/h4-10,15-16,18,24H,3,11-14,17,19H2,1-2H3. The number of aryl methyl sites for hydroxylation is 1. The quantitative estimate of drug-likeness (QED) is 0.286. The van der Waals surface area contributed by atoms with Crippen LogP contribution in [0, 0.1) is 6.92 Å². The van der Waals surface area contributed by atoms with Crippen molar-refractivity contribution in [2.45, 2.75) is 37.6 Å². The number of sulfone groups is 1. The van der Waals surface area contributed by atoms with Crippen LogP contribution in [-0.2, 0) is 24.2 Å². The molecule has 0 radical (unpaired) electrons. The monoisotopic (exact) mass is 582 g/mol. The molecule has 1 aliphatic rings. The van der Waals surface area contributed by atoms with Gasteiger partial charge in [0, 0.05) is 37.3 Å². The van der Waals surface area contributed by atoms with Crippen molar-refractivity contribution in [1.29, 1.82) is 0 Å². The van der Waals surface area contributed by atoms with Gasteiger partial charge >= 0.3 is 5.97 Å². The number of nitrogens with zero attached hydrogens (tertiary/aromatic N) is 4. The Labute approximate surface area is 238 Å². The van der Waals surface area contributed by atoms with Gasteiger partial charge in [-0.3, -0.25) is 14.0 Å². The Balaban J connectivity index is 1.32. The van der Waals surface area contributed by atoms with Crippen LogP contribution in [0.5, 0.6) is 0 Å².